The summed E-state index contributed by atoms with van der Waals surface area (Å²) in [6, 6.07) is 14.4. The molecule has 36 heavy (non-hydrogen) atoms. The number of aliphatic hydroxyl groups excluding tert-OH is 1. The first-order valence-electron chi connectivity index (χ1n) is 13.1. The zero-order chi connectivity index (χ0) is 25.9. The van der Waals surface area contributed by atoms with Crippen molar-refractivity contribution in [2.24, 2.45) is 11.3 Å². The van der Waals surface area contributed by atoms with E-state index in [0.717, 1.165) is 53.6 Å². The summed E-state index contributed by atoms with van der Waals surface area (Å²) in [5, 5.41) is 11.5. The molecule has 1 aliphatic carbocycles. The lowest BCUT2D eigenvalue weighted by Gasteiger charge is -2.34. The van der Waals surface area contributed by atoms with E-state index in [9.17, 15) is 9.90 Å². The van der Waals surface area contributed by atoms with Crippen LogP contribution in [0.4, 0.5) is 5.82 Å². The highest BCUT2D eigenvalue weighted by Gasteiger charge is 2.29. The van der Waals surface area contributed by atoms with Gasteiger partial charge in [0.05, 0.1) is 13.7 Å². The molecule has 0 aliphatic heterocycles. The van der Waals surface area contributed by atoms with Crippen LogP contribution in [0, 0.1) is 18.3 Å². The molecule has 0 radical (unpaired) electrons. The predicted molar refractivity (Wildman–Crippen MR) is 147 cm³/mol. The van der Waals surface area contributed by atoms with Gasteiger partial charge in [0.1, 0.15) is 11.6 Å². The van der Waals surface area contributed by atoms with Gasteiger partial charge in [-0.2, -0.15) is 0 Å². The maximum atomic E-state index is 13.6. The number of rotatable bonds is 7. The van der Waals surface area contributed by atoms with Crippen molar-refractivity contribution >= 4 is 22.5 Å². The quantitative estimate of drug-likeness (QED) is 0.398. The van der Waals surface area contributed by atoms with Gasteiger partial charge in [-0.15, -0.1) is 0 Å². The van der Waals surface area contributed by atoms with Crippen molar-refractivity contribution in [2.45, 2.75) is 72.3 Å². The van der Waals surface area contributed by atoms with Crippen LogP contribution in [0.3, 0.4) is 0 Å². The van der Waals surface area contributed by atoms with Crippen molar-refractivity contribution in [2.75, 3.05) is 18.6 Å². The van der Waals surface area contributed by atoms with Gasteiger partial charge in [-0.05, 0) is 90.1 Å². The third-order valence-corrected chi connectivity index (χ3v) is 7.41. The second kappa shape index (κ2) is 11.0. The molecule has 0 bridgehead atoms. The van der Waals surface area contributed by atoms with Crippen molar-refractivity contribution in [3.63, 3.8) is 0 Å². The summed E-state index contributed by atoms with van der Waals surface area (Å²) in [6.45, 7) is 9.11. The van der Waals surface area contributed by atoms with Crippen LogP contribution in [0.5, 0.6) is 5.75 Å². The third kappa shape index (κ3) is 6.07. The van der Waals surface area contributed by atoms with Gasteiger partial charge in [-0.3, -0.25) is 9.69 Å². The number of anilines is 1. The SMILES string of the molecule is COc1ccc(C2CCC(CN(C(=O)CC(C)(C)C)c3nccc4cc(CO)ccc34)CC2)cc1C. The molecule has 192 valence electrons. The van der Waals surface area contributed by atoms with Crippen LogP contribution in [0.15, 0.2) is 48.7 Å². The molecule has 1 aromatic heterocycles. The van der Waals surface area contributed by atoms with E-state index < -0.39 is 0 Å². The van der Waals surface area contributed by atoms with Gasteiger partial charge in [-0.25, -0.2) is 4.98 Å². The average Bonchev–Trinajstić information content (AvgIpc) is 2.86. The van der Waals surface area contributed by atoms with Gasteiger partial charge in [0.15, 0.2) is 0 Å². The lowest BCUT2D eigenvalue weighted by Crippen LogP contribution is -2.39. The normalized spacial score (nSPS) is 18.3. The second-order valence-electron chi connectivity index (χ2n) is 11.5. The van der Waals surface area contributed by atoms with Gasteiger partial charge in [0.2, 0.25) is 5.91 Å². The minimum atomic E-state index is -0.103. The maximum Gasteiger partial charge on any atom is 0.228 e. The predicted octanol–water partition coefficient (Wildman–Crippen LogP) is 6.79. The summed E-state index contributed by atoms with van der Waals surface area (Å²) in [4.78, 5) is 20.3. The number of hydrogen-bond acceptors (Lipinski definition) is 4. The van der Waals surface area contributed by atoms with Crippen molar-refractivity contribution in [3.05, 3.63) is 65.4 Å². The summed E-state index contributed by atoms with van der Waals surface area (Å²) < 4.78 is 5.43. The Hall–Kier alpha value is -2.92. The molecule has 0 atom stereocenters. The largest absolute Gasteiger partial charge is 0.496 e. The number of benzene rings is 2. The Morgan fingerprint density at radius 2 is 1.83 bits per heavy atom. The first kappa shape index (κ1) is 26.2. The number of carbonyl (C=O) groups is 1. The fourth-order valence-corrected chi connectivity index (χ4v) is 5.47. The highest BCUT2D eigenvalue weighted by molar-refractivity contribution is 6.02. The van der Waals surface area contributed by atoms with Gasteiger partial charge in [0.25, 0.3) is 0 Å². The molecule has 1 fully saturated rings. The van der Waals surface area contributed by atoms with Crippen LogP contribution in [-0.2, 0) is 11.4 Å². The highest BCUT2D eigenvalue weighted by Crippen LogP contribution is 2.38. The number of carbonyl (C=O) groups excluding carboxylic acids is 1. The van der Waals surface area contributed by atoms with Crippen LogP contribution >= 0.6 is 0 Å². The van der Waals surface area contributed by atoms with Gasteiger partial charge >= 0.3 is 0 Å². The molecular weight excluding hydrogens is 448 g/mol. The van der Waals surface area contributed by atoms with Crippen LogP contribution < -0.4 is 9.64 Å². The third-order valence-electron chi connectivity index (χ3n) is 7.41. The number of ether oxygens (including phenoxy) is 1. The lowest BCUT2D eigenvalue weighted by molar-refractivity contribution is -0.120. The highest BCUT2D eigenvalue weighted by atomic mass is 16.5. The molecule has 5 heteroatoms. The fraction of sp³-hybridized carbons (Fsp3) is 0.484. The Bertz CT molecular complexity index is 1210. The molecule has 0 spiro atoms. The van der Waals surface area contributed by atoms with Crippen LogP contribution in [0.25, 0.3) is 10.8 Å². The summed E-state index contributed by atoms with van der Waals surface area (Å²) in [5.41, 5.74) is 3.33. The van der Waals surface area contributed by atoms with Gasteiger partial charge < -0.3 is 9.84 Å². The average molecular weight is 489 g/mol. The van der Waals surface area contributed by atoms with Gasteiger partial charge in [-0.1, -0.05) is 45.0 Å². The van der Waals surface area contributed by atoms with Crippen molar-refractivity contribution in [1.29, 1.82) is 0 Å². The van der Waals surface area contributed by atoms with Crippen molar-refractivity contribution < 1.29 is 14.6 Å². The topological polar surface area (TPSA) is 62.7 Å². The molecule has 5 nitrogen and oxygen atoms in total. The molecule has 2 aromatic carbocycles. The number of aliphatic hydroxyl groups is 1. The maximum absolute atomic E-state index is 13.6. The molecule has 1 saturated carbocycles. The molecule has 0 unspecified atom stereocenters. The van der Waals surface area contributed by atoms with E-state index in [2.05, 4.69) is 45.9 Å². The van der Waals surface area contributed by atoms with E-state index in [0.29, 0.717) is 24.8 Å². The van der Waals surface area contributed by atoms with E-state index in [1.807, 2.05) is 29.2 Å². The number of methoxy groups -OCH3 is 1. The summed E-state index contributed by atoms with van der Waals surface area (Å²) in [7, 11) is 1.72. The summed E-state index contributed by atoms with van der Waals surface area (Å²) in [5.74, 6) is 2.80. The molecule has 1 N–H and O–H groups in total. The van der Waals surface area contributed by atoms with Crippen molar-refractivity contribution in [3.8, 4) is 5.75 Å². The molecule has 1 aliphatic rings. The summed E-state index contributed by atoms with van der Waals surface area (Å²) in [6.07, 6.45) is 6.68. The second-order valence-corrected chi connectivity index (χ2v) is 11.5. The molecule has 3 aromatic rings. The first-order chi connectivity index (χ1) is 17.2. The number of aryl methyl sites for hydroxylation is 1. The van der Waals surface area contributed by atoms with E-state index in [-0.39, 0.29) is 17.9 Å². The number of pyridine rings is 1. The number of fused-ring (bicyclic) bond motifs is 1. The molecular formula is C31H40N2O3. The minimum Gasteiger partial charge on any atom is -0.496 e. The van der Waals surface area contributed by atoms with E-state index in [4.69, 9.17) is 9.72 Å². The Morgan fingerprint density at radius 3 is 2.47 bits per heavy atom. The van der Waals surface area contributed by atoms with E-state index in [1.165, 1.54) is 11.1 Å². The number of hydrogen-bond donors (Lipinski definition) is 1. The minimum absolute atomic E-state index is 0.00275. The van der Waals surface area contributed by atoms with Crippen LogP contribution in [0.2, 0.25) is 0 Å². The van der Waals surface area contributed by atoms with Crippen LogP contribution in [-0.4, -0.2) is 29.7 Å². The standard InChI is InChI=1S/C31H40N2O3/c1-21-16-25(11-13-28(21)36-5)24-9-6-22(7-10-24)19-33(29(35)18-31(2,3)4)30-27-12-8-23(20-34)17-26(27)14-15-32-30/h8,11-17,22,24,34H,6-7,9-10,18-20H2,1-5H3. The molecule has 1 heterocycles. The van der Waals surface area contributed by atoms with E-state index >= 15 is 0 Å². The Balaban J connectivity index is 1.55. The Labute approximate surface area is 215 Å². The lowest BCUT2D eigenvalue weighted by atomic mass is 9.78. The fourth-order valence-electron chi connectivity index (χ4n) is 5.47. The Kier molecular flexibility index (Phi) is 7.99. The number of nitrogens with zero attached hydrogens (tertiary/aromatic N) is 2. The molecule has 1 amide bonds. The molecule has 4 rings (SSSR count). The molecule has 0 saturated heterocycles. The smallest absolute Gasteiger partial charge is 0.228 e. The number of amides is 1. The van der Waals surface area contributed by atoms with Crippen molar-refractivity contribution in [1.82, 2.24) is 4.98 Å². The number of aromatic nitrogens is 1. The van der Waals surface area contributed by atoms with Crippen LogP contribution in [0.1, 0.15) is 75.5 Å². The van der Waals surface area contributed by atoms with E-state index in [1.54, 1.807) is 13.3 Å². The summed E-state index contributed by atoms with van der Waals surface area (Å²) >= 11 is 0. The monoisotopic (exact) mass is 488 g/mol. The van der Waals surface area contributed by atoms with Gasteiger partial charge in [0, 0.05) is 24.5 Å². The Morgan fingerprint density at radius 1 is 1.08 bits per heavy atom. The first-order valence-corrected chi connectivity index (χ1v) is 13.1. The zero-order valence-electron chi connectivity index (χ0n) is 22.4. The zero-order valence-corrected chi connectivity index (χ0v) is 22.4.